The molecular formula is C13H15N3O5. The van der Waals surface area contributed by atoms with Gasteiger partial charge in [-0.1, -0.05) is 0 Å². The van der Waals surface area contributed by atoms with Crippen LogP contribution in [0.5, 0.6) is 0 Å². The smallest absolute Gasteiger partial charge is 0.326 e. The number of benzene rings is 1. The molecule has 0 heterocycles. The summed E-state index contributed by atoms with van der Waals surface area (Å²) in [5.41, 5.74) is 0.743. The van der Waals surface area contributed by atoms with Crippen molar-refractivity contribution in [3.8, 4) is 0 Å². The van der Waals surface area contributed by atoms with Crippen LogP contribution in [0.15, 0.2) is 18.2 Å². The van der Waals surface area contributed by atoms with E-state index in [2.05, 4.69) is 10.6 Å². The van der Waals surface area contributed by atoms with Crippen molar-refractivity contribution in [1.29, 1.82) is 0 Å². The minimum atomic E-state index is -1.06. The number of hydrogen-bond acceptors (Lipinski definition) is 4. The first-order valence-electron chi connectivity index (χ1n) is 6.44. The number of carbonyl (C=O) groups excluding carboxylic acids is 1. The zero-order valence-corrected chi connectivity index (χ0v) is 11.3. The lowest BCUT2D eigenvalue weighted by atomic mass is 10.2. The van der Waals surface area contributed by atoms with Gasteiger partial charge in [0.2, 0.25) is 0 Å². The van der Waals surface area contributed by atoms with E-state index in [4.69, 9.17) is 5.11 Å². The van der Waals surface area contributed by atoms with E-state index in [9.17, 15) is 19.7 Å². The highest BCUT2D eigenvalue weighted by molar-refractivity contribution is 5.92. The molecule has 0 saturated heterocycles. The third kappa shape index (κ3) is 3.68. The number of anilines is 1. The first kappa shape index (κ1) is 14.8. The van der Waals surface area contributed by atoms with Crippen LogP contribution in [0.4, 0.5) is 16.2 Å². The molecule has 2 amide bonds. The highest BCUT2D eigenvalue weighted by Gasteiger charge is 2.37. The molecule has 2 rings (SSSR count). The first-order chi connectivity index (χ1) is 9.88. The average Bonchev–Trinajstić information content (AvgIpc) is 3.19. The van der Waals surface area contributed by atoms with Gasteiger partial charge in [-0.3, -0.25) is 10.1 Å². The molecule has 3 N–H and O–H groups in total. The van der Waals surface area contributed by atoms with Gasteiger partial charge >= 0.3 is 12.0 Å². The monoisotopic (exact) mass is 293 g/mol. The normalized spacial score (nSPS) is 15.1. The van der Waals surface area contributed by atoms with Gasteiger partial charge in [0.05, 0.1) is 4.92 Å². The van der Waals surface area contributed by atoms with Gasteiger partial charge in [-0.25, -0.2) is 9.59 Å². The molecule has 0 bridgehead atoms. The van der Waals surface area contributed by atoms with Crippen molar-refractivity contribution in [3.05, 3.63) is 33.9 Å². The van der Waals surface area contributed by atoms with Crippen molar-refractivity contribution in [3.63, 3.8) is 0 Å². The van der Waals surface area contributed by atoms with Gasteiger partial charge in [-0.15, -0.1) is 0 Å². The van der Waals surface area contributed by atoms with Crippen LogP contribution in [0.1, 0.15) is 18.4 Å². The maximum Gasteiger partial charge on any atom is 0.326 e. The number of aryl methyl sites for hydroxylation is 1. The number of rotatable bonds is 5. The summed E-state index contributed by atoms with van der Waals surface area (Å²) < 4.78 is 0. The van der Waals surface area contributed by atoms with Crippen molar-refractivity contribution in [2.24, 2.45) is 5.92 Å². The molecule has 112 valence electrons. The number of urea groups is 1. The predicted molar refractivity (Wildman–Crippen MR) is 74.1 cm³/mol. The van der Waals surface area contributed by atoms with Crippen molar-refractivity contribution in [2.75, 3.05) is 5.32 Å². The topological polar surface area (TPSA) is 122 Å². The van der Waals surface area contributed by atoms with E-state index in [1.807, 2.05) is 0 Å². The van der Waals surface area contributed by atoms with Crippen LogP contribution in [-0.4, -0.2) is 28.1 Å². The fraction of sp³-hybridized carbons (Fsp3) is 0.385. The number of carboxylic acid groups (broad SMARTS) is 1. The maximum atomic E-state index is 11.8. The highest BCUT2D eigenvalue weighted by Crippen LogP contribution is 2.32. The molecular weight excluding hydrogens is 278 g/mol. The third-order valence-electron chi connectivity index (χ3n) is 3.30. The first-order valence-corrected chi connectivity index (χ1v) is 6.44. The van der Waals surface area contributed by atoms with Crippen LogP contribution in [-0.2, 0) is 4.79 Å². The molecule has 8 nitrogen and oxygen atoms in total. The quantitative estimate of drug-likeness (QED) is 0.565. The molecule has 0 radical (unpaired) electrons. The Labute approximate surface area is 120 Å². The molecule has 1 atom stereocenters. The summed E-state index contributed by atoms with van der Waals surface area (Å²) in [6, 6.07) is 2.62. The number of nitro benzene ring substituents is 1. The van der Waals surface area contributed by atoms with E-state index in [1.165, 1.54) is 18.2 Å². The van der Waals surface area contributed by atoms with Gasteiger partial charge in [0.1, 0.15) is 6.04 Å². The minimum Gasteiger partial charge on any atom is -0.480 e. The van der Waals surface area contributed by atoms with E-state index in [-0.39, 0.29) is 11.6 Å². The SMILES string of the molecule is Cc1cc(NC(=O)NC(C(=O)O)C2CC2)ccc1[N+](=O)[O-]. The summed E-state index contributed by atoms with van der Waals surface area (Å²) in [6.45, 7) is 1.56. The number of nitrogens with zero attached hydrogens (tertiary/aromatic N) is 1. The molecule has 0 aromatic heterocycles. The van der Waals surface area contributed by atoms with Crippen LogP contribution >= 0.6 is 0 Å². The second-order valence-corrected chi connectivity index (χ2v) is 5.01. The fourth-order valence-electron chi connectivity index (χ4n) is 2.06. The Hall–Kier alpha value is -2.64. The highest BCUT2D eigenvalue weighted by atomic mass is 16.6. The number of hydrogen-bond donors (Lipinski definition) is 3. The lowest BCUT2D eigenvalue weighted by molar-refractivity contribution is -0.385. The maximum absolute atomic E-state index is 11.8. The van der Waals surface area contributed by atoms with Crippen molar-refractivity contribution in [1.82, 2.24) is 5.32 Å². The predicted octanol–water partition coefficient (Wildman–Crippen LogP) is 1.89. The zero-order valence-electron chi connectivity index (χ0n) is 11.3. The Morgan fingerprint density at radius 3 is 2.57 bits per heavy atom. The summed E-state index contributed by atoms with van der Waals surface area (Å²) in [5.74, 6) is -1.08. The largest absolute Gasteiger partial charge is 0.480 e. The van der Waals surface area contributed by atoms with E-state index in [0.29, 0.717) is 11.3 Å². The summed E-state index contributed by atoms with van der Waals surface area (Å²) >= 11 is 0. The molecule has 1 saturated carbocycles. The molecule has 1 aliphatic rings. The standard InChI is InChI=1S/C13H15N3O5/c1-7-6-9(4-5-10(7)16(20)21)14-13(19)15-11(12(17)18)8-2-3-8/h4-6,8,11H,2-3H2,1H3,(H,17,18)(H2,14,15,19). The van der Waals surface area contributed by atoms with Crippen LogP contribution in [0.2, 0.25) is 0 Å². The Morgan fingerprint density at radius 2 is 2.10 bits per heavy atom. The molecule has 1 fully saturated rings. The number of carbonyl (C=O) groups is 2. The Kier molecular flexibility index (Phi) is 4.06. The van der Waals surface area contributed by atoms with Gasteiger partial charge in [0.15, 0.2) is 0 Å². The lowest BCUT2D eigenvalue weighted by Crippen LogP contribution is -2.44. The van der Waals surface area contributed by atoms with Gasteiger partial charge < -0.3 is 15.7 Å². The second-order valence-electron chi connectivity index (χ2n) is 5.01. The molecule has 1 aromatic carbocycles. The van der Waals surface area contributed by atoms with E-state index < -0.39 is 23.0 Å². The fourth-order valence-corrected chi connectivity index (χ4v) is 2.06. The molecule has 8 heteroatoms. The summed E-state index contributed by atoms with van der Waals surface area (Å²) in [5, 5.41) is 24.6. The summed E-state index contributed by atoms with van der Waals surface area (Å²) in [4.78, 5) is 33.0. The molecule has 1 aromatic rings. The molecule has 0 spiro atoms. The summed E-state index contributed by atoms with van der Waals surface area (Å²) in [7, 11) is 0. The van der Waals surface area contributed by atoms with E-state index in [0.717, 1.165) is 12.8 Å². The van der Waals surface area contributed by atoms with E-state index in [1.54, 1.807) is 6.92 Å². The number of amides is 2. The van der Waals surface area contributed by atoms with Crippen molar-refractivity contribution < 1.29 is 19.6 Å². The van der Waals surface area contributed by atoms with Crippen molar-refractivity contribution >= 4 is 23.4 Å². The number of aliphatic carboxylic acids is 1. The van der Waals surface area contributed by atoms with Gasteiger partial charge in [0.25, 0.3) is 5.69 Å². The van der Waals surface area contributed by atoms with Crippen molar-refractivity contribution in [2.45, 2.75) is 25.8 Å². The number of nitrogens with one attached hydrogen (secondary N) is 2. The van der Waals surface area contributed by atoms with Crippen LogP contribution in [0.25, 0.3) is 0 Å². The van der Waals surface area contributed by atoms with Gasteiger partial charge in [-0.05, 0) is 37.8 Å². The Morgan fingerprint density at radius 1 is 1.43 bits per heavy atom. The molecule has 0 aliphatic heterocycles. The van der Waals surface area contributed by atoms with Crippen LogP contribution in [0.3, 0.4) is 0 Å². The molecule has 1 aliphatic carbocycles. The molecule has 21 heavy (non-hydrogen) atoms. The van der Waals surface area contributed by atoms with Gasteiger partial charge in [-0.2, -0.15) is 0 Å². The minimum absolute atomic E-state index is 0.0214. The summed E-state index contributed by atoms with van der Waals surface area (Å²) in [6.07, 6.45) is 1.57. The van der Waals surface area contributed by atoms with Crippen LogP contribution < -0.4 is 10.6 Å². The number of nitro groups is 1. The third-order valence-corrected chi connectivity index (χ3v) is 3.30. The Balaban J connectivity index is 2.00. The average molecular weight is 293 g/mol. The zero-order chi connectivity index (χ0) is 15.6. The second kappa shape index (κ2) is 5.78. The molecule has 1 unspecified atom stereocenters. The lowest BCUT2D eigenvalue weighted by Gasteiger charge is -2.14. The van der Waals surface area contributed by atoms with Gasteiger partial charge in [0, 0.05) is 17.3 Å². The Bertz CT molecular complexity index is 597. The number of carboxylic acids is 1. The van der Waals surface area contributed by atoms with Crippen LogP contribution in [0, 0.1) is 23.0 Å². The van der Waals surface area contributed by atoms with E-state index >= 15 is 0 Å².